The topological polar surface area (TPSA) is 0 Å². The highest BCUT2D eigenvalue weighted by Gasteiger charge is 2.50. The van der Waals surface area contributed by atoms with Crippen molar-refractivity contribution in [3.63, 3.8) is 0 Å². The molecule has 4 atom stereocenters. The predicted molar refractivity (Wildman–Crippen MR) is 107 cm³/mol. The molecule has 0 aromatic heterocycles. The van der Waals surface area contributed by atoms with Crippen molar-refractivity contribution in [2.24, 2.45) is 23.7 Å². The summed E-state index contributed by atoms with van der Waals surface area (Å²) in [6.07, 6.45) is 17.3. The molecule has 0 nitrogen and oxygen atoms in total. The molecule has 0 radical (unpaired) electrons. The van der Waals surface area contributed by atoms with E-state index in [-0.39, 0.29) is 0 Å². The SMILES string of the molecule is C[Si](C)(Cc1ccccc1)C1CC(C2CCCC2)C2C=CC=CC21. The molecule has 1 aromatic rings. The van der Waals surface area contributed by atoms with Gasteiger partial charge in [-0.15, -0.1) is 0 Å². The first-order valence-corrected chi connectivity index (χ1v) is 13.3. The van der Waals surface area contributed by atoms with E-state index in [1.807, 2.05) is 0 Å². The fourth-order valence-electron chi connectivity index (χ4n) is 6.06. The van der Waals surface area contributed by atoms with Crippen LogP contribution in [-0.4, -0.2) is 8.07 Å². The van der Waals surface area contributed by atoms with Gasteiger partial charge in [0.2, 0.25) is 0 Å². The minimum absolute atomic E-state index is 0.825. The fourth-order valence-corrected chi connectivity index (χ4v) is 9.90. The van der Waals surface area contributed by atoms with Crippen LogP contribution < -0.4 is 0 Å². The Morgan fingerprint density at radius 2 is 1.58 bits per heavy atom. The minimum Gasteiger partial charge on any atom is -0.0808 e. The van der Waals surface area contributed by atoms with Crippen LogP contribution in [0.5, 0.6) is 0 Å². The first-order valence-electron chi connectivity index (χ1n) is 10.0. The van der Waals surface area contributed by atoms with E-state index in [0.717, 1.165) is 29.2 Å². The second-order valence-electron chi connectivity index (χ2n) is 9.13. The van der Waals surface area contributed by atoms with Gasteiger partial charge in [-0.3, -0.25) is 0 Å². The van der Waals surface area contributed by atoms with Crippen molar-refractivity contribution < 1.29 is 0 Å². The van der Waals surface area contributed by atoms with E-state index in [2.05, 4.69) is 67.7 Å². The lowest BCUT2D eigenvalue weighted by molar-refractivity contribution is 0.285. The van der Waals surface area contributed by atoms with E-state index in [4.69, 9.17) is 0 Å². The third kappa shape index (κ3) is 3.08. The Bertz CT molecular complexity index is 606. The van der Waals surface area contributed by atoms with Crippen LogP contribution in [0.3, 0.4) is 0 Å². The molecule has 0 amide bonds. The Balaban J connectivity index is 1.57. The summed E-state index contributed by atoms with van der Waals surface area (Å²) in [5, 5.41) is 0. The van der Waals surface area contributed by atoms with Gasteiger partial charge in [-0.05, 0) is 41.7 Å². The molecule has 1 aromatic carbocycles. The molecule has 2 saturated carbocycles. The highest BCUT2D eigenvalue weighted by Crippen LogP contribution is 2.57. The maximum Gasteiger partial charge on any atom is 0.0554 e. The number of hydrogen-bond donors (Lipinski definition) is 0. The summed E-state index contributed by atoms with van der Waals surface area (Å²) in [6, 6.07) is 12.6. The van der Waals surface area contributed by atoms with Gasteiger partial charge in [0.05, 0.1) is 8.07 Å². The maximum atomic E-state index is 2.66. The van der Waals surface area contributed by atoms with Crippen LogP contribution in [0.2, 0.25) is 18.6 Å². The summed E-state index contributed by atoms with van der Waals surface area (Å²) in [7, 11) is -1.30. The Morgan fingerprint density at radius 1 is 0.917 bits per heavy atom. The van der Waals surface area contributed by atoms with Crippen LogP contribution in [0, 0.1) is 23.7 Å². The summed E-state index contributed by atoms with van der Waals surface area (Å²) < 4.78 is 0. The van der Waals surface area contributed by atoms with Crippen molar-refractivity contribution in [3.05, 3.63) is 60.2 Å². The van der Waals surface area contributed by atoms with Crippen LogP contribution in [0.1, 0.15) is 37.7 Å². The van der Waals surface area contributed by atoms with E-state index < -0.39 is 8.07 Å². The second kappa shape index (κ2) is 6.67. The van der Waals surface area contributed by atoms with Crippen molar-refractivity contribution in [2.75, 3.05) is 0 Å². The van der Waals surface area contributed by atoms with Crippen LogP contribution in [0.25, 0.3) is 0 Å². The first-order chi connectivity index (χ1) is 11.6. The Labute approximate surface area is 149 Å². The Hall–Kier alpha value is -1.08. The van der Waals surface area contributed by atoms with Gasteiger partial charge in [0.1, 0.15) is 0 Å². The number of hydrogen-bond acceptors (Lipinski definition) is 0. The van der Waals surface area contributed by atoms with E-state index in [1.54, 1.807) is 5.56 Å². The summed E-state index contributed by atoms with van der Waals surface area (Å²) in [5.74, 6) is 3.64. The molecule has 0 bridgehead atoms. The molecule has 128 valence electrons. The molecule has 0 spiro atoms. The van der Waals surface area contributed by atoms with Crippen LogP contribution in [0.15, 0.2) is 54.6 Å². The van der Waals surface area contributed by atoms with Gasteiger partial charge in [-0.2, -0.15) is 0 Å². The summed E-state index contributed by atoms with van der Waals surface area (Å²) in [6.45, 7) is 5.32. The van der Waals surface area contributed by atoms with Crippen LogP contribution in [-0.2, 0) is 6.04 Å². The Kier molecular flexibility index (Phi) is 4.55. The zero-order chi connectivity index (χ0) is 16.6. The molecular weight excluding hydrogens is 304 g/mol. The van der Waals surface area contributed by atoms with E-state index in [1.165, 1.54) is 38.1 Å². The quantitative estimate of drug-likeness (QED) is 0.557. The lowest BCUT2D eigenvalue weighted by atomic mass is 9.78. The Morgan fingerprint density at radius 3 is 2.29 bits per heavy atom. The predicted octanol–water partition coefficient (Wildman–Crippen LogP) is 6.42. The highest BCUT2D eigenvalue weighted by atomic mass is 28.3. The van der Waals surface area contributed by atoms with E-state index >= 15 is 0 Å². The van der Waals surface area contributed by atoms with Crippen molar-refractivity contribution in [1.29, 1.82) is 0 Å². The minimum atomic E-state index is -1.30. The molecular formula is C23H32Si. The van der Waals surface area contributed by atoms with Gasteiger partial charge >= 0.3 is 0 Å². The van der Waals surface area contributed by atoms with Gasteiger partial charge < -0.3 is 0 Å². The zero-order valence-corrected chi connectivity index (χ0v) is 16.3. The molecule has 4 unspecified atom stereocenters. The van der Waals surface area contributed by atoms with Gasteiger partial charge in [-0.25, -0.2) is 0 Å². The van der Waals surface area contributed by atoms with Crippen molar-refractivity contribution in [1.82, 2.24) is 0 Å². The van der Waals surface area contributed by atoms with Crippen LogP contribution >= 0.6 is 0 Å². The molecule has 2 fully saturated rings. The third-order valence-corrected chi connectivity index (χ3v) is 11.2. The number of benzene rings is 1. The van der Waals surface area contributed by atoms with Crippen molar-refractivity contribution in [2.45, 2.75) is 56.8 Å². The number of fused-ring (bicyclic) bond motifs is 1. The summed E-state index contributed by atoms with van der Waals surface area (Å²) in [4.78, 5) is 0. The summed E-state index contributed by atoms with van der Waals surface area (Å²) >= 11 is 0. The van der Waals surface area contributed by atoms with Gasteiger partial charge in [-0.1, -0.05) is 99.0 Å². The molecule has 1 heteroatoms. The molecule has 3 aliphatic rings. The molecule has 0 heterocycles. The monoisotopic (exact) mass is 336 g/mol. The normalized spacial score (nSPS) is 33.1. The molecule has 0 saturated heterocycles. The third-order valence-electron chi connectivity index (χ3n) is 7.22. The average Bonchev–Trinajstić information content (AvgIpc) is 3.23. The van der Waals surface area contributed by atoms with Crippen molar-refractivity contribution in [3.8, 4) is 0 Å². The van der Waals surface area contributed by atoms with E-state index in [9.17, 15) is 0 Å². The number of allylic oxidation sites excluding steroid dienone is 4. The first kappa shape index (κ1) is 16.4. The second-order valence-corrected chi connectivity index (χ2v) is 14.2. The standard InChI is InChI=1S/C23H32Si/c1-24(2,17-18-10-4-3-5-11-18)23-16-22(19-12-6-7-13-19)20-14-8-9-15-21(20)23/h3-5,8-11,14-15,19-23H,6-7,12-13,16-17H2,1-2H3. The smallest absolute Gasteiger partial charge is 0.0554 e. The fraction of sp³-hybridized carbons (Fsp3) is 0.565. The van der Waals surface area contributed by atoms with Gasteiger partial charge in [0, 0.05) is 0 Å². The lowest BCUT2D eigenvalue weighted by Gasteiger charge is -2.35. The molecule has 0 N–H and O–H groups in total. The van der Waals surface area contributed by atoms with E-state index in [0.29, 0.717) is 0 Å². The molecule has 24 heavy (non-hydrogen) atoms. The van der Waals surface area contributed by atoms with Crippen LogP contribution in [0.4, 0.5) is 0 Å². The zero-order valence-electron chi connectivity index (χ0n) is 15.3. The molecule has 4 rings (SSSR count). The molecule has 0 aliphatic heterocycles. The highest BCUT2D eigenvalue weighted by molar-refractivity contribution is 6.78. The molecule has 3 aliphatic carbocycles. The van der Waals surface area contributed by atoms with Gasteiger partial charge in [0.25, 0.3) is 0 Å². The lowest BCUT2D eigenvalue weighted by Crippen LogP contribution is -2.38. The average molecular weight is 337 g/mol. The maximum absolute atomic E-state index is 2.66. The van der Waals surface area contributed by atoms with Gasteiger partial charge in [0.15, 0.2) is 0 Å². The number of rotatable bonds is 4. The largest absolute Gasteiger partial charge is 0.0808 e. The van der Waals surface area contributed by atoms with Crippen molar-refractivity contribution >= 4 is 8.07 Å². The summed E-state index contributed by atoms with van der Waals surface area (Å²) in [5.41, 5.74) is 2.51.